The maximum atomic E-state index is 13.2. The van der Waals surface area contributed by atoms with Gasteiger partial charge in [0.2, 0.25) is 0 Å². The molecule has 3 aromatic rings. The molecule has 0 fully saturated rings. The topological polar surface area (TPSA) is 135 Å². The number of methoxy groups -OCH3 is 1. The lowest BCUT2D eigenvalue weighted by atomic mass is 10.1. The van der Waals surface area contributed by atoms with Crippen LogP contribution in [0, 0.1) is 10.1 Å². The van der Waals surface area contributed by atoms with Gasteiger partial charge in [-0.25, -0.2) is 0 Å². The number of H-pyrrole nitrogens is 1. The lowest BCUT2D eigenvalue weighted by Gasteiger charge is -2.12. The number of nitro benzene ring substituents is 1. The van der Waals surface area contributed by atoms with E-state index in [9.17, 15) is 19.7 Å². The smallest absolute Gasteiger partial charge is 0.303 e. The number of fused-ring (bicyclic) bond motifs is 2. The summed E-state index contributed by atoms with van der Waals surface area (Å²) in [5.74, 6) is -0.367. The fourth-order valence-corrected chi connectivity index (χ4v) is 3.51. The van der Waals surface area contributed by atoms with Crippen LogP contribution < -0.4 is 15.5 Å². The average molecular weight is 413 g/mol. The Morgan fingerprint density at radius 1 is 1.17 bits per heavy atom. The van der Waals surface area contributed by atoms with Gasteiger partial charge in [0.25, 0.3) is 5.69 Å². The van der Waals surface area contributed by atoms with Gasteiger partial charge in [-0.15, -0.1) is 0 Å². The van der Waals surface area contributed by atoms with E-state index < -0.39 is 10.9 Å². The Labute approximate surface area is 171 Å². The maximum Gasteiger partial charge on any atom is 0.303 e. The first-order chi connectivity index (χ1) is 14.4. The van der Waals surface area contributed by atoms with Gasteiger partial charge >= 0.3 is 5.97 Å². The molecule has 2 aromatic carbocycles. The number of aromatic nitrogens is 1. The molecule has 0 saturated carbocycles. The molecule has 9 heteroatoms. The van der Waals surface area contributed by atoms with Crippen molar-refractivity contribution in [2.45, 2.75) is 32.1 Å². The largest absolute Gasteiger partial charge is 0.495 e. The molecule has 3 rings (SSSR count). The monoisotopic (exact) mass is 413 g/mol. The number of nitro groups is 1. The summed E-state index contributed by atoms with van der Waals surface area (Å²) in [6.07, 6.45) is 3.23. The van der Waals surface area contributed by atoms with Crippen molar-refractivity contribution in [3.05, 3.63) is 50.7 Å². The highest BCUT2D eigenvalue weighted by atomic mass is 16.6. The number of rotatable bonds is 10. The Morgan fingerprint density at radius 2 is 1.93 bits per heavy atom. The van der Waals surface area contributed by atoms with Gasteiger partial charge in [-0.2, -0.15) is 0 Å². The third kappa shape index (κ3) is 4.35. The number of pyridine rings is 1. The summed E-state index contributed by atoms with van der Waals surface area (Å²) in [6, 6.07) is 7.95. The fourth-order valence-electron chi connectivity index (χ4n) is 3.51. The van der Waals surface area contributed by atoms with Gasteiger partial charge in [-0.1, -0.05) is 18.9 Å². The molecule has 0 atom stereocenters. The lowest BCUT2D eigenvalue weighted by molar-refractivity contribution is -0.383. The van der Waals surface area contributed by atoms with E-state index >= 15 is 0 Å². The number of para-hydroxylation sites is 1. The normalized spacial score (nSPS) is 11.0. The third-order valence-corrected chi connectivity index (χ3v) is 4.98. The lowest BCUT2D eigenvalue weighted by Crippen LogP contribution is -2.11. The van der Waals surface area contributed by atoms with Gasteiger partial charge in [-0.05, 0) is 31.0 Å². The molecule has 0 aliphatic heterocycles. The summed E-state index contributed by atoms with van der Waals surface area (Å²) in [7, 11) is 1.47. The number of ether oxygens (including phenoxy) is 1. The van der Waals surface area contributed by atoms with Gasteiger partial charge in [0.05, 0.1) is 22.9 Å². The van der Waals surface area contributed by atoms with Crippen LogP contribution >= 0.6 is 0 Å². The number of benzene rings is 2. The van der Waals surface area contributed by atoms with E-state index in [1.54, 1.807) is 24.3 Å². The molecular formula is C21H23N3O6. The van der Waals surface area contributed by atoms with Crippen LogP contribution in [-0.4, -0.2) is 34.6 Å². The average Bonchev–Trinajstić information content (AvgIpc) is 2.72. The molecule has 158 valence electrons. The zero-order chi connectivity index (χ0) is 21.7. The number of hydrogen-bond donors (Lipinski definition) is 3. The van der Waals surface area contributed by atoms with Crippen molar-refractivity contribution >= 4 is 39.1 Å². The number of nitrogens with one attached hydrogen (secondary N) is 2. The second-order valence-corrected chi connectivity index (χ2v) is 6.96. The zero-order valence-electron chi connectivity index (χ0n) is 16.6. The number of hydrogen-bond acceptors (Lipinski definition) is 6. The summed E-state index contributed by atoms with van der Waals surface area (Å²) in [4.78, 5) is 37.8. The van der Waals surface area contributed by atoms with Crippen molar-refractivity contribution in [2.75, 3.05) is 19.0 Å². The Balaban J connectivity index is 1.93. The van der Waals surface area contributed by atoms with E-state index in [4.69, 9.17) is 9.84 Å². The van der Waals surface area contributed by atoms with E-state index in [0.717, 1.165) is 19.3 Å². The van der Waals surface area contributed by atoms with Crippen molar-refractivity contribution in [3.63, 3.8) is 0 Å². The van der Waals surface area contributed by atoms with Crippen LogP contribution in [0.15, 0.2) is 35.1 Å². The molecule has 30 heavy (non-hydrogen) atoms. The van der Waals surface area contributed by atoms with E-state index in [1.807, 2.05) is 0 Å². The first kappa shape index (κ1) is 21.1. The number of carboxylic acids is 1. The molecule has 0 radical (unpaired) electrons. The quantitative estimate of drug-likeness (QED) is 0.197. The summed E-state index contributed by atoms with van der Waals surface area (Å²) >= 11 is 0. The van der Waals surface area contributed by atoms with Crippen LogP contribution in [-0.2, 0) is 4.79 Å². The number of aromatic amines is 1. The summed E-state index contributed by atoms with van der Waals surface area (Å²) in [6.45, 7) is 0.565. The number of carbonyl (C=O) groups is 1. The second kappa shape index (κ2) is 9.25. The molecule has 0 amide bonds. The molecule has 0 unspecified atom stereocenters. The molecule has 0 bridgehead atoms. The van der Waals surface area contributed by atoms with E-state index in [2.05, 4.69) is 10.3 Å². The standard InChI is InChI=1S/C21H23N3O6/c1-30-16-8-6-7-13-19(16)23-20-15(24(28)29)11-10-14(18(20)21(13)27)22-12-5-3-2-4-9-17(25)26/h6-8,10-11,22H,2-5,9,12H2,1H3,(H,23,27)(H,25,26). The highest BCUT2D eigenvalue weighted by Crippen LogP contribution is 2.32. The summed E-state index contributed by atoms with van der Waals surface area (Å²) in [5, 5.41) is 24.0. The van der Waals surface area contributed by atoms with Crippen molar-refractivity contribution < 1.29 is 19.6 Å². The van der Waals surface area contributed by atoms with Crippen molar-refractivity contribution in [1.82, 2.24) is 4.98 Å². The molecule has 0 saturated heterocycles. The van der Waals surface area contributed by atoms with Gasteiger partial charge in [0, 0.05) is 30.1 Å². The number of carboxylic acid groups (broad SMARTS) is 1. The molecule has 0 aliphatic carbocycles. The summed E-state index contributed by atoms with van der Waals surface area (Å²) in [5.41, 5.74) is 0.580. The minimum absolute atomic E-state index is 0.147. The Bertz CT molecular complexity index is 1150. The molecule has 9 nitrogen and oxygen atoms in total. The SMILES string of the molecule is COc1cccc2c(=O)c3c(NCCCCCCC(=O)O)ccc([N+](=O)[O-])c3[nH]c12. The minimum Gasteiger partial charge on any atom is -0.495 e. The minimum atomic E-state index is -0.798. The second-order valence-electron chi connectivity index (χ2n) is 6.96. The molecule has 3 N–H and O–H groups in total. The zero-order valence-corrected chi connectivity index (χ0v) is 16.6. The summed E-state index contributed by atoms with van der Waals surface area (Å²) < 4.78 is 5.30. The van der Waals surface area contributed by atoms with Crippen molar-refractivity contribution in [1.29, 1.82) is 0 Å². The van der Waals surface area contributed by atoms with Crippen LogP contribution in [0.5, 0.6) is 5.75 Å². The number of non-ortho nitro benzene ring substituents is 1. The Hall–Kier alpha value is -3.62. The predicted molar refractivity (Wildman–Crippen MR) is 114 cm³/mol. The number of unbranched alkanes of at least 4 members (excludes halogenated alkanes) is 3. The van der Waals surface area contributed by atoms with Gasteiger partial charge < -0.3 is 20.1 Å². The van der Waals surface area contributed by atoms with Gasteiger partial charge in [-0.3, -0.25) is 19.7 Å². The third-order valence-electron chi connectivity index (χ3n) is 4.98. The van der Waals surface area contributed by atoms with Crippen LogP contribution in [0.1, 0.15) is 32.1 Å². The van der Waals surface area contributed by atoms with Crippen LogP contribution in [0.25, 0.3) is 21.8 Å². The van der Waals surface area contributed by atoms with Crippen LogP contribution in [0.2, 0.25) is 0 Å². The fraction of sp³-hybridized carbons (Fsp3) is 0.333. The number of anilines is 1. The van der Waals surface area contributed by atoms with Crippen LogP contribution in [0.3, 0.4) is 0 Å². The number of aliphatic carboxylic acids is 1. The highest BCUT2D eigenvalue weighted by Gasteiger charge is 2.20. The van der Waals surface area contributed by atoms with E-state index in [1.165, 1.54) is 13.2 Å². The van der Waals surface area contributed by atoms with Crippen molar-refractivity contribution in [2.24, 2.45) is 0 Å². The molecule has 0 aliphatic rings. The van der Waals surface area contributed by atoms with E-state index in [-0.39, 0.29) is 28.4 Å². The molecule has 0 spiro atoms. The molecule has 1 heterocycles. The Morgan fingerprint density at radius 3 is 2.63 bits per heavy atom. The van der Waals surface area contributed by atoms with Gasteiger partial charge in [0.1, 0.15) is 11.3 Å². The molecular weight excluding hydrogens is 390 g/mol. The van der Waals surface area contributed by atoms with Crippen LogP contribution in [0.4, 0.5) is 11.4 Å². The first-order valence-electron chi connectivity index (χ1n) is 9.69. The Kier molecular flexibility index (Phi) is 6.51. The van der Waals surface area contributed by atoms with Gasteiger partial charge in [0.15, 0.2) is 5.43 Å². The first-order valence-corrected chi connectivity index (χ1v) is 9.69. The maximum absolute atomic E-state index is 13.2. The van der Waals surface area contributed by atoms with Crippen molar-refractivity contribution in [3.8, 4) is 5.75 Å². The molecule has 1 aromatic heterocycles. The number of nitrogens with zero attached hydrogens (tertiary/aromatic N) is 1. The predicted octanol–water partition coefficient (Wildman–Crippen LogP) is 4.05. The van der Waals surface area contributed by atoms with E-state index in [0.29, 0.717) is 35.3 Å². The highest BCUT2D eigenvalue weighted by molar-refractivity contribution is 6.04.